The van der Waals surface area contributed by atoms with Crippen molar-refractivity contribution in [1.82, 2.24) is 10.2 Å². The van der Waals surface area contributed by atoms with Gasteiger partial charge in [-0.1, -0.05) is 6.42 Å². The zero-order chi connectivity index (χ0) is 13.7. The lowest BCUT2D eigenvalue weighted by molar-refractivity contribution is -0.142. The summed E-state index contributed by atoms with van der Waals surface area (Å²) in [7, 11) is 0. The van der Waals surface area contributed by atoms with Crippen LogP contribution in [0, 0.1) is 11.8 Å². The number of carbonyl (C=O) groups is 2. The number of aliphatic carboxylic acids is 1. The van der Waals surface area contributed by atoms with Crippen molar-refractivity contribution in [3.63, 3.8) is 0 Å². The van der Waals surface area contributed by atoms with E-state index in [0.717, 1.165) is 13.1 Å². The number of hydrogen-bond acceptors (Lipinski definition) is 3. The highest BCUT2D eigenvalue weighted by atomic mass is 16.5. The molecule has 0 aromatic heterocycles. The molecule has 19 heavy (non-hydrogen) atoms. The molecule has 2 amide bonds. The Labute approximate surface area is 113 Å². The molecule has 108 valence electrons. The molecule has 2 unspecified atom stereocenters. The molecule has 0 aromatic carbocycles. The van der Waals surface area contributed by atoms with E-state index in [2.05, 4.69) is 5.32 Å². The summed E-state index contributed by atoms with van der Waals surface area (Å²) in [5.41, 5.74) is 0. The number of likely N-dealkylation sites (tertiary alicyclic amines) is 1. The average molecular weight is 270 g/mol. The third-order valence-electron chi connectivity index (χ3n) is 3.88. The molecule has 1 saturated heterocycles. The molecule has 1 saturated carbocycles. The van der Waals surface area contributed by atoms with Gasteiger partial charge in [-0.05, 0) is 31.1 Å². The van der Waals surface area contributed by atoms with Gasteiger partial charge in [0, 0.05) is 19.6 Å². The van der Waals surface area contributed by atoms with Crippen LogP contribution in [-0.2, 0) is 9.53 Å². The average Bonchev–Trinajstić information content (AvgIpc) is 2.37. The minimum atomic E-state index is -0.991. The van der Waals surface area contributed by atoms with E-state index in [-0.39, 0.29) is 19.2 Å². The standard InChI is InChI=1S/C13H22N2O4/c16-12(17)9-19-5-4-14-13(18)15-7-10-2-1-3-11(6-10)8-15/h10-11H,1-9H2,(H,14,18)(H,16,17). The van der Waals surface area contributed by atoms with Crippen molar-refractivity contribution >= 4 is 12.0 Å². The SMILES string of the molecule is O=C(O)COCCNC(=O)N1CC2CCCC(C2)C1. The maximum atomic E-state index is 12.0. The van der Waals surface area contributed by atoms with Crippen molar-refractivity contribution < 1.29 is 19.4 Å². The van der Waals surface area contributed by atoms with Crippen LogP contribution >= 0.6 is 0 Å². The molecular weight excluding hydrogens is 248 g/mol. The maximum absolute atomic E-state index is 12.0. The summed E-state index contributed by atoms with van der Waals surface area (Å²) < 4.78 is 4.87. The third-order valence-corrected chi connectivity index (χ3v) is 3.88. The quantitative estimate of drug-likeness (QED) is 0.728. The lowest BCUT2D eigenvalue weighted by Gasteiger charge is -2.41. The second-order valence-electron chi connectivity index (χ2n) is 5.48. The summed E-state index contributed by atoms with van der Waals surface area (Å²) >= 11 is 0. The van der Waals surface area contributed by atoms with Crippen molar-refractivity contribution in [3.8, 4) is 0 Å². The topological polar surface area (TPSA) is 78.9 Å². The molecule has 1 heterocycles. The molecule has 1 aliphatic heterocycles. The van der Waals surface area contributed by atoms with E-state index in [9.17, 15) is 9.59 Å². The summed E-state index contributed by atoms with van der Waals surface area (Å²) in [6, 6.07) is -0.0458. The van der Waals surface area contributed by atoms with Crippen molar-refractivity contribution in [1.29, 1.82) is 0 Å². The first-order chi connectivity index (χ1) is 9.15. The molecule has 6 heteroatoms. The largest absolute Gasteiger partial charge is 0.480 e. The van der Waals surface area contributed by atoms with Crippen LogP contribution in [-0.4, -0.2) is 54.9 Å². The minimum absolute atomic E-state index is 0.0458. The maximum Gasteiger partial charge on any atom is 0.329 e. The lowest BCUT2D eigenvalue weighted by Crippen LogP contribution is -2.50. The smallest absolute Gasteiger partial charge is 0.329 e. The Hall–Kier alpha value is -1.30. The molecule has 0 radical (unpaired) electrons. The van der Waals surface area contributed by atoms with Gasteiger partial charge in [0.05, 0.1) is 6.61 Å². The van der Waals surface area contributed by atoms with Crippen molar-refractivity contribution in [2.75, 3.05) is 32.8 Å². The van der Waals surface area contributed by atoms with E-state index < -0.39 is 5.97 Å². The summed E-state index contributed by atoms with van der Waals surface area (Å²) in [4.78, 5) is 24.1. The van der Waals surface area contributed by atoms with Crippen LogP contribution in [0.4, 0.5) is 4.79 Å². The van der Waals surface area contributed by atoms with E-state index >= 15 is 0 Å². The highest BCUT2D eigenvalue weighted by Crippen LogP contribution is 2.34. The van der Waals surface area contributed by atoms with Gasteiger partial charge in [0.1, 0.15) is 6.61 Å². The van der Waals surface area contributed by atoms with Crippen LogP contribution in [0.2, 0.25) is 0 Å². The fourth-order valence-electron chi connectivity index (χ4n) is 3.10. The molecule has 6 nitrogen and oxygen atoms in total. The van der Waals surface area contributed by atoms with Crippen LogP contribution in [0.5, 0.6) is 0 Å². The number of carboxylic acid groups (broad SMARTS) is 1. The van der Waals surface area contributed by atoms with Gasteiger partial charge in [0.25, 0.3) is 0 Å². The number of nitrogens with one attached hydrogen (secondary N) is 1. The number of urea groups is 1. The number of carboxylic acids is 1. The Bertz CT molecular complexity index is 323. The molecule has 2 bridgehead atoms. The van der Waals surface area contributed by atoms with E-state index in [1.165, 1.54) is 25.7 Å². The molecule has 0 spiro atoms. The molecule has 2 rings (SSSR count). The van der Waals surface area contributed by atoms with Crippen LogP contribution in [0.25, 0.3) is 0 Å². The fourth-order valence-corrected chi connectivity index (χ4v) is 3.10. The Morgan fingerprint density at radius 1 is 1.26 bits per heavy atom. The third kappa shape index (κ3) is 4.38. The molecule has 2 fully saturated rings. The van der Waals surface area contributed by atoms with Gasteiger partial charge in [-0.3, -0.25) is 0 Å². The van der Waals surface area contributed by atoms with E-state index in [1.807, 2.05) is 4.90 Å². The first-order valence-corrected chi connectivity index (χ1v) is 6.97. The summed E-state index contributed by atoms with van der Waals surface area (Å²) in [6.07, 6.45) is 5.04. The van der Waals surface area contributed by atoms with Gasteiger partial charge < -0.3 is 20.1 Å². The van der Waals surface area contributed by atoms with Crippen molar-refractivity contribution in [2.45, 2.75) is 25.7 Å². The first-order valence-electron chi connectivity index (χ1n) is 6.97. The number of amides is 2. The minimum Gasteiger partial charge on any atom is -0.480 e. The zero-order valence-corrected chi connectivity index (χ0v) is 11.1. The Kier molecular flexibility index (Phi) is 5.01. The first kappa shape index (κ1) is 14.1. The Morgan fingerprint density at radius 2 is 1.95 bits per heavy atom. The number of rotatable bonds is 5. The lowest BCUT2D eigenvalue weighted by atomic mass is 9.78. The zero-order valence-electron chi connectivity index (χ0n) is 11.1. The number of ether oxygens (including phenoxy) is 1. The van der Waals surface area contributed by atoms with Crippen molar-refractivity contribution in [3.05, 3.63) is 0 Å². The van der Waals surface area contributed by atoms with Crippen LogP contribution in [0.15, 0.2) is 0 Å². The summed E-state index contributed by atoms with van der Waals surface area (Å²) in [5.74, 6) is 0.346. The van der Waals surface area contributed by atoms with Gasteiger partial charge in [-0.25, -0.2) is 9.59 Å². The molecule has 0 aromatic rings. The molecule has 1 aliphatic carbocycles. The summed E-state index contributed by atoms with van der Waals surface area (Å²) in [6.45, 7) is 2.00. The van der Waals surface area contributed by atoms with Gasteiger partial charge in [-0.15, -0.1) is 0 Å². The molecule has 2 aliphatic rings. The molecule has 2 atom stereocenters. The predicted octanol–water partition coefficient (Wildman–Crippen LogP) is 0.919. The van der Waals surface area contributed by atoms with Crippen LogP contribution in [0.3, 0.4) is 0 Å². The van der Waals surface area contributed by atoms with Gasteiger partial charge in [-0.2, -0.15) is 0 Å². The number of carbonyl (C=O) groups excluding carboxylic acids is 1. The van der Waals surface area contributed by atoms with Gasteiger partial charge in [0.15, 0.2) is 0 Å². The predicted molar refractivity (Wildman–Crippen MR) is 68.9 cm³/mol. The van der Waals surface area contributed by atoms with E-state index in [4.69, 9.17) is 9.84 Å². The van der Waals surface area contributed by atoms with Crippen LogP contribution in [0.1, 0.15) is 25.7 Å². The Balaban J connectivity index is 1.64. The second kappa shape index (κ2) is 6.75. The number of piperidine rings is 1. The van der Waals surface area contributed by atoms with Crippen LogP contribution < -0.4 is 5.32 Å². The van der Waals surface area contributed by atoms with E-state index in [1.54, 1.807) is 0 Å². The monoisotopic (exact) mass is 270 g/mol. The Morgan fingerprint density at radius 3 is 2.58 bits per heavy atom. The highest BCUT2D eigenvalue weighted by Gasteiger charge is 2.32. The number of hydrogen-bond donors (Lipinski definition) is 2. The second-order valence-corrected chi connectivity index (χ2v) is 5.48. The highest BCUT2D eigenvalue weighted by molar-refractivity contribution is 5.74. The number of nitrogens with zero attached hydrogens (tertiary/aromatic N) is 1. The molecular formula is C13H22N2O4. The molecule has 2 N–H and O–H groups in total. The number of fused-ring (bicyclic) bond motifs is 2. The normalized spacial score (nSPS) is 26.0. The fraction of sp³-hybridized carbons (Fsp3) is 0.846. The summed E-state index contributed by atoms with van der Waals surface area (Å²) in [5, 5.41) is 11.2. The van der Waals surface area contributed by atoms with E-state index in [0.29, 0.717) is 18.4 Å². The van der Waals surface area contributed by atoms with Crippen molar-refractivity contribution in [2.24, 2.45) is 11.8 Å². The van der Waals surface area contributed by atoms with Gasteiger partial charge >= 0.3 is 12.0 Å². The van der Waals surface area contributed by atoms with Gasteiger partial charge in [0.2, 0.25) is 0 Å².